The molecule has 1 aliphatic carbocycles. The number of allylic oxidation sites excluding steroid dienone is 4. The predicted octanol–water partition coefficient (Wildman–Crippen LogP) is -1.94. The van der Waals surface area contributed by atoms with E-state index in [2.05, 4.69) is 37.2 Å². The van der Waals surface area contributed by atoms with E-state index in [0.717, 1.165) is 18.4 Å². The third kappa shape index (κ3) is 5.06. The Balaban J connectivity index is -0.000001000. The number of hydrogen-bond acceptors (Lipinski definition) is 1. The van der Waals surface area contributed by atoms with Crippen LogP contribution in [0.3, 0.4) is 0 Å². The van der Waals surface area contributed by atoms with Gasteiger partial charge >= 0.3 is 37.7 Å². The molecule has 1 amide bonds. The van der Waals surface area contributed by atoms with Gasteiger partial charge in [-0.25, -0.2) is 0 Å². The molecule has 1 aromatic carbocycles. The molecule has 2 nitrogen and oxygen atoms in total. The van der Waals surface area contributed by atoms with Gasteiger partial charge in [0, 0.05) is 5.56 Å². The van der Waals surface area contributed by atoms with Crippen LogP contribution >= 0.6 is 0 Å². The molecule has 0 saturated heterocycles. The predicted molar refractivity (Wildman–Crippen MR) is 84.7 cm³/mol. The molecule has 0 unspecified atom stereocenters. The molecule has 0 bridgehead atoms. The van der Waals surface area contributed by atoms with Crippen molar-refractivity contribution in [2.45, 2.75) is 32.9 Å². The smallest absolute Gasteiger partial charge is 1.00 e. The quantitative estimate of drug-likeness (QED) is 0.642. The van der Waals surface area contributed by atoms with Gasteiger partial charge in [0.2, 0.25) is 5.91 Å². The minimum atomic E-state index is -1.88. The van der Waals surface area contributed by atoms with Crippen molar-refractivity contribution in [3.8, 4) is 0 Å². The standard InChI is InChI=1S/C16H21NOSi.2Li.2H/c1-4-13-11-8-12-15(13)19(2,3)17-16(18)14-9-6-5-7-10-14;;;;/h5-11H,4,12H2,1-3H3,(H,17,18);;;;/q;2*+1;2*-1. The van der Waals surface area contributed by atoms with Crippen molar-refractivity contribution in [2.24, 2.45) is 0 Å². The number of benzene rings is 1. The third-order valence-electron chi connectivity index (χ3n) is 3.63. The second-order valence-electron chi connectivity index (χ2n) is 5.41. The van der Waals surface area contributed by atoms with Crippen LogP contribution in [0.5, 0.6) is 0 Å². The number of amides is 1. The maximum absolute atomic E-state index is 12.3. The molecule has 104 valence electrons. The molecule has 0 atom stereocenters. The number of carbonyl (C=O) groups excluding carboxylic acids is 1. The van der Waals surface area contributed by atoms with Crippen molar-refractivity contribution in [3.63, 3.8) is 0 Å². The van der Waals surface area contributed by atoms with Gasteiger partial charge in [0.05, 0.1) is 0 Å². The zero-order chi connectivity index (χ0) is 13.9. The second-order valence-corrected chi connectivity index (χ2v) is 9.51. The Labute approximate surface area is 155 Å². The van der Waals surface area contributed by atoms with E-state index in [-0.39, 0.29) is 46.5 Å². The summed E-state index contributed by atoms with van der Waals surface area (Å²) in [6, 6.07) is 9.45. The Hall–Kier alpha value is -0.418. The van der Waals surface area contributed by atoms with Crippen LogP contribution in [-0.2, 0) is 0 Å². The van der Waals surface area contributed by atoms with E-state index in [1.165, 1.54) is 10.8 Å². The average Bonchev–Trinajstić information content (AvgIpc) is 2.88. The summed E-state index contributed by atoms with van der Waals surface area (Å²) in [7, 11) is -1.88. The van der Waals surface area contributed by atoms with Crippen LogP contribution in [0.15, 0.2) is 53.3 Å². The molecule has 1 aromatic rings. The van der Waals surface area contributed by atoms with E-state index in [9.17, 15) is 4.79 Å². The van der Waals surface area contributed by atoms with Gasteiger partial charge in [0.15, 0.2) is 8.24 Å². The maximum Gasteiger partial charge on any atom is 1.00 e. The van der Waals surface area contributed by atoms with Crippen molar-refractivity contribution in [1.82, 2.24) is 4.98 Å². The average molecular weight is 287 g/mol. The summed E-state index contributed by atoms with van der Waals surface area (Å²) in [6.45, 7) is 6.60. The molecular formula is C16H23Li2NOSi. The zero-order valence-electron chi connectivity index (χ0n) is 15.9. The monoisotopic (exact) mass is 287 g/mol. The topological polar surface area (TPSA) is 29.1 Å². The van der Waals surface area contributed by atoms with Crippen LogP contribution in [0.4, 0.5) is 0 Å². The van der Waals surface area contributed by atoms with Gasteiger partial charge in [-0.2, -0.15) is 0 Å². The summed E-state index contributed by atoms with van der Waals surface area (Å²) in [6.07, 6.45) is 6.46. The van der Waals surface area contributed by atoms with E-state index in [1.807, 2.05) is 30.3 Å². The third-order valence-corrected chi connectivity index (χ3v) is 6.51. The number of carbonyl (C=O) groups is 1. The van der Waals surface area contributed by atoms with E-state index < -0.39 is 8.24 Å². The van der Waals surface area contributed by atoms with Crippen molar-refractivity contribution in [2.75, 3.05) is 0 Å². The molecule has 0 spiro atoms. The van der Waals surface area contributed by atoms with Gasteiger partial charge in [0.25, 0.3) is 0 Å². The first-order valence-corrected chi connectivity index (χ1v) is 9.81. The molecule has 0 fully saturated rings. The Morgan fingerprint density at radius 1 is 1.24 bits per heavy atom. The van der Waals surface area contributed by atoms with E-state index in [4.69, 9.17) is 0 Å². The fourth-order valence-corrected chi connectivity index (χ4v) is 5.11. The van der Waals surface area contributed by atoms with E-state index in [0.29, 0.717) is 0 Å². The van der Waals surface area contributed by atoms with Crippen LogP contribution in [0.1, 0.15) is 33.0 Å². The SMILES string of the molecule is CCC1=C([Si](C)(C)NC(=O)c2ccccc2)CC=C1.[H-].[H-].[Li+].[Li+]. The van der Waals surface area contributed by atoms with Gasteiger partial charge in [-0.05, 0) is 38.1 Å². The zero-order valence-corrected chi connectivity index (χ0v) is 14.9. The molecule has 0 heterocycles. The summed E-state index contributed by atoms with van der Waals surface area (Å²) >= 11 is 0. The van der Waals surface area contributed by atoms with Crippen LogP contribution in [-0.4, -0.2) is 14.1 Å². The molecule has 0 aliphatic heterocycles. The summed E-state index contributed by atoms with van der Waals surface area (Å²) in [5.41, 5.74) is 2.15. The van der Waals surface area contributed by atoms with Crippen molar-refractivity contribution >= 4 is 14.1 Å². The fraction of sp³-hybridized carbons (Fsp3) is 0.312. The van der Waals surface area contributed by atoms with Gasteiger partial charge in [-0.15, -0.1) is 0 Å². The van der Waals surface area contributed by atoms with Gasteiger partial charge in [-0.3, -0.25) is 4.79 Å². The number of rotatable bonds is 4. The molecule has 1 aliphatic rings. The minimum absolute atomic E-state index is 0. The van der Waals surface area contributed by atoms with Gasteiger partial charge in [0.1, 0.15) is 0 Å². The van der Waals surface area contributed by atoms with Crippen molar-refractivity contribution < 1.29 is 45.4 Å². The molecule has 0 radical (unpaired) electrons. The largest absolute Gasteiger partial charge is 1.00 e. The Bertz CT molecular complexity index is 548. The van der Waals surface area contributed by atoms with Crippen molar-refractivity contribution in [1.29, 1.82) is 0 Å². The van der Waals surface area contributed by atoms with E-state index in [1.54, 1.807) is 0 Å². The Morgan fingerprint density at radius 2 is 1.86 bits per heavy atom. The van der Waals surface area contributed by atoms with Crippen LogP contribution in [0, 0.1) is 0 Å². The Morgan fingerprint density at radius 3 is 2.43 bits per heavy atom. The van der Waals surface area contributed by atoms with Crippen molar-refractivity contribution in [3.05, 3.63) is 58.8 Å². The molecule has 0 saturated carbocycles. The number of nitrogens with one attached hydrogen (secondary N) is 1. The minimum Gasteiger partial charge on any atom is -1.00 e. The molecule has 0 aromatic heterocycles. The molecule has 2 rings (SSSR count). The normalized spacial score (nSPS) is 13.5. The maximum atomic E-state index is 12.3. The summed E-state index contributed by atoms with van der Waals surface area (Å²) in [5, 5.41) is 1.46. The first kappa shape index (κ1) is 20.6. The Kier molecular flexibility index (Phi) is 8.71. The van der Waals surface area contributed by atoms with Crippen LogP contribution in [0.2, 0.25) is 13.1 Å². The van der Waals surface area contributed by atoms with Gasteiger partial charge in [-0.1, -0.05) is 48.0 Å². The molecule has 21 heavy (non-hydrogen) atoms. The second kappa shape index (κ2) is 8.89. The van der Waals surface area contributed by atoms with Crippen LogP contribution in [0.25, 0.3) is 0 Å². The van der Waals surface area contributed by atoms with Crippen LogP contribution < -0.4 is 42.7 Å². The molecule has 1 N–H and O–H groups in total. The molecule has 5 heteroatoms. The fourth-order valence-electron chi connectivity index (χ4n) is 2.56. The van der Waals surface area contributed by atoms with E-state index >= 15 is 0 Å². The number of hydrogen-bond donors (Lipinski definition) is 1. The summed E-state index contributed by atoms with van der Waals surface area (Å²) in [5.74, 6) is 0.0483. The first-order chi connectivity index (χ1) is 9.04. The summed E-state index contributed by atoms with van der Waals surface area (Å²) in [4.78, 5) is 15.6. The first-order valence-electron chi connectivity index (χ1n) is 6.81. The summed E-state index contributed by atoms with van der Waals surface area (Å²) < 4.78 is 0. The van der Waals surface area contributed by atoms with Gasteiger partial charge < -0.3 is 7.84 Å². The molecular weight excluding hydrogens is 264 g/mol.